The third kappa shape index (κ3) is 3.28. The molecule has 2 N–H and O–H groups in total. The van der Waals surface area contributed by atoms with Crippen LogP contribution in [-0.4, -0.2) is 23.7 Å². The third-order valence-electron chi connectivity index (χ3n) is 2.97. The molecule has 0 aliphatic carbocycles. The molecule has 1 amide bonds. The molecule has 1 aromatic carbocycles. The van der Waals surface area contributed by atoms with Crippen molar-refractivity contribution >= 4 is 11.6 Å². The Morgan fingerprint density at radius 1 is 1.53 bits per heavy atom. The molecule has 1 unspecified atom stereocenters. The molecule has 4 nitrogen and oxygen atoms in total. The number of rotatable bonds is 5. The Bertz CT molecular complexity index is 386. The largest absolute Gasteiger partial charge is 0.392 e. The SMILES string of the molecule is CCC(C)(OC)C(=O)Nc1cccc(CO)c1. The van der Waals surface area contributed by atoms with Crippen LogP contribution >= 0.6 is 0 Å². The summed E-state index contributed by atoms with van der Waals surface area (Å²) in [5, 5.41) is 11.8. The predicted octanol–water partition coefficient (Wildman–Crippen LogP) is 1.93. The minimum atomic E-state index is -0.824. The average molecular weight is 237 g/mol. The maximum atomic E-state index is 12.0. The summed E-state index contributed by atoms with van der Waals surface area (Å²) in [6.45, 7) is 3.60. The summed E-state index contributed by atoms with van der Waals surface area (Å²) in [4.78, 5) is 12.0. The summed E-state index contributed by atoms with van der Waals surface area (Å²) >= 11 is 0. The molecule has 0 aliphatic rings. The number of benzene rings is 1. The molecule has 0 radical (unpaired) electrons. The van der Waals surface area contributed by atoms with Crippen molar-refractivity contribution in [1.29, 1.82) is 0 Å². The van der Waals surface area contributed by atoms with Gasteiger partial charge < -0.3 is 15.2 Å². The summed E-state index contributed by atoms with van der Waals surface area (Å²) in [5.41, 5.74) is 0.603. The molecule has 0 heterocycles. The number of carbonyl (C=O) groups excluding carboxylic acids is 1. The van der Waals surface area contributed by atoms with Crippen LogP contribution in [0.3, 0.4) is 0 Å². The van der Waals surface area contributed by atoms with Crippen LogP contribution in [0.25, 0.3) is 0 Å². The zero-order valence-corrected chi connectivity index (χ0v) is 10.5. The van der Waals surface area contributed by atoms with E-state index in [2.05, 4.69) is 5.32 Å². The van der Waals surface area contributed by atoms with Crippen LogP contribution in [0.5, 0.6) is 0 Å². The molecule has 0 fully saturated rings. The molecule has 1 rings (SSSR count). The summed E-state index contributed by atoms with van der Waals surface area (Å²) in [6.07, 6.45) is 0.592. The Labute approximate surface area is 102 Å². The quantitative estimate of drug-likeness (QED) is 0.822. The first kappa shape index (κ1) is 13.7. The average Bonchev–Trinajstić information content (AvgIpc) is 2.37. The monoisotopic (exact) mass is 237 g/mol. The van der Waals surface area contributed by atoms with Crippen molar-refractivity contribution in [3.05, 3.63) is 29.8 Å². The molecule has 0 bridgehead atoms. The Morgan fingerprint density at radius 2 is 2.24 bits per heavy atom. The smallest absolute Gasteiger partial charge is 0.256 e. The minimum Gasteiger partial charge on any atom is -0.392 e. The number of ether oxygens (including phenoxy) is 1. The van der Waals surface area contributed by atoms with Gasteiger partial charge in [-0.15, -0.1) is 0 Å². The number of hydrogen-bond acceptors (Lipinski definition) is 3. The summed E-state index contributed by atoms with van der Waals surface area (Å²) < 4.78 is 5.22. The number of carbonyl (C=O) groups is 1. The van der Waals surface area contributed by atoms with E-state index in [0.29, 0.717) is 12.1 Å². The van der Waals surface area contributed by atoms with Gasteiger partial charge in [-0.25, -0.2) is 0 Å². The normalized spacial score (nSPS) is 14.1. The van der Waals surface area contributed by atoms with Crippen molar-refractivity contribution < 1.29 is 14.6 Å². The molecule has 17 heavy (non-hydrogen) atoms. The lowest BCUT2D eigenvalue weighted by Gasteiger charge is -2.25. The fourth-order valence-electron chi connectivity index (χ4n) is 1.41. The molecule has 1 atom stereocenters. The van der Waals surface area contributed by atoms with Gasteiger partial charge in [0.25, 0.3) is 5.91 Å². The number of anilines is 1. The van der Waals surface area contributed by atoms with Crippen LogP contribution in [0.2, 0.25) is 0 Å². The van der Waals surface area contributed by atoms with E-state index in [9.17, 15) is 4.79 Å². The number of aliphatic hydroxyl groups is 1. The first-order valence-corrected chi connectivity index (χ1v) is 5.62. The fourth-order valence-corrected chi connectivity index (χ4v) is 1.41. The van der Waals surface area contributed by atoms with Crippen molar-refractivity contribution in [1.82, 2.24) is 0 Å². The highest BCUT2D eigenvalue weighted by atomic mass is 16.5. The summed E-state index contributed by atoms with van der Waals surface area (Å²) in [5.74, 6) is -0.183. The van der Waals surface area contributed by atoms with Gasteiger partial charge >= 0.3 is 0 Å². The molecule has 0 spiro atoms. The molecular weight excluding hydrogens is 218 g/mol. The highest BCUT2D eigenvalue weighted by Gasteiger charge is 2.30. The number of nitrogens with one attached hydrogen (secondary N) is 1. The lowest BCUT2D eigenvalue weighted by molar-refractivity contribution is -0.136. The van der Waals surface area contributed by atoms with Gasteiger partial charge in [0.2, 0.25) is 0 Å². The lowest BCUT2D eigenvalue weighted by atomic mass is 10.0. The zero-order valence-electron chi connectivity index (χ0n) is 10.5. The van der Waals surface area contributed by atoms with Gasteiger partial charge in [-0.3, -0.25) is 4.79 Å². The Morgan fingerprint density at radius 3 is 2.76 bits per heavy atom. The fraction of sp³-hybridized carbons (Fsp3) is 0.462. The van der Waals surface area contributed by atoms with Crippen LogP contribution in [-0.2, 0) is 16.1 Å². The van der Waals surface area contributed by atoms with Crippen LogP contribution in [0.4, 0.5) is 5.69 Å². The van der Waals surface area contributed by atoms with Gasteiger partial charge in [-0.1, -0.05) is 19.1 Å². The van der Waals surface area contributed by atoms with Crippen molar-refractivity contribution in [2.75, 3.05) is 12.4 Å². The first-order valence-electron chi connectivity index (χ1n) is 5.62. The van der Waals surface area contributed by atoms with Gasteiger partial charge in [0.05, 0.1) is 6.61 Å². The van der Waals surface area contributed by atoms with Crippen molar-refractivity contribution in [3.8, 4) is 0 Å². The second-order valence-electron chi connectivity index (χ2n) is 4.10. The summed E-state index contributed by atoms with van der Waals surface area (Å²) in [6, 6.07) is 7.11. The molecule has 0 saturated heterocycles. The van der Waals surface area contributed by atoms with Crippen LogP contribution < -0.4 is 5.32 Å². The number of methoxy groups -OCH3 is 1. The van der Waals surface area contributed by atoms with Crippen molar-refractivity contribution in [2.45, 2.75) is 32.5 Å². The first-order chi connectivity index (χ1) is 8.05. The maximum Gasteiger partial charge on any atom is 0.256 e. The van der Waals surface area contributed by atoms with E-state index in [1.54, 1.807) is 31.2 Å². The number of amides is 1. The van der Waals surface area contributed by atoms with Gasteiger partial charge in [-0.2, -0.15) is 0 Å². The molecule has 1 aromatic rings. The Hall–Kier alpha value is -1.39. The molecule has 0 aromatic heterocycles. The van der Waals surface area contributed by atoms with Gasteiger partial charge in [0.15, 0.2) is 0 Å². The van der Waals surface area contributed by atoms with Crippen LogP contribution in [0, 0.1) is 0 Å². The van der Waals surface area contributed by atoms with Crippen LogP contribution in [0.15, 0.2) is 24.3 Å². The van der Waals surface area contributed by atoms with E-state index in [-0.39, 0.29) is 12.5 Å². The Balaban J connectivity index is 2.80. The molecule has 0 aliphatic heterocycles. The summed E-state index contributed by atoms with van der Waals surface area (Å²) in [7, 11) is 1.52. The standard InChI is InChI=1S/C13H19NO3/c1-4-13(2,17-3)12(16)14-11-7-5-6-10(8-11)9-15/h5-8,15H,4,9H2,1-3H3,(H,14,16). The van der Waals surface area contributed by atoms with Crippen molar-refractivity contribution in [2.24, 2.45) is 0 Å². The number of hydrogen-bond donors (Lipinski definition) is 2. The maximum absolute atomic E-state index is 12.0. The van der Waals surface area contributed by atoms with E-state index in [4.69, 9.17) is 9.84 Å². The van der Waals surface area contributed by atoms with E-state index in [0.717, 1.165) is 5.56 Å². The Kier molecular flexibility index (Phi) is 4.66. The zero-order chi connectivity index (χ0) is 12.9. The van der Waals surface area contributed by atoms with E-state index >= 15 is 0 Å². The highest BCUT2D eigenvalue weighted by Crippen LogP contribution is 2.18. The molecule has 4 heteroatoms. The lowest BCUT2D eigenvalue weighted by Crippen LogP contribution is -2.41. The topological polar surface area (TPSA) is 58.6 Å². The van der Waals surface area contributed by atoms with Gasteiger partial charge in [0.1, 0.15) is 5.60 Å². The second kappa shape index (κ2) is 5.80. The predicted molar refractivity (Wildman–Crippen MR) is 66.7 cm³/mol. The molecule has 94 valence electrons. The van der Waals surface area contributed by atoms with Crippen LogP contribution in [0.1, 0.15) is 25.8 Å². The molecule has 0 saturated carbocycles. The van der Waals surface area contributed by atoms with Gasteiger partial charge in [-0.05, 0) is 31.0 Å². The van der Waals surface area contributed by atoms with E-state index < -0.39 is 5.60 Å². The van der Waals surface area contributed by atoms with E-state index in [1.807, 2.05) is 6.92 Å². The highest BCUT2D eigenvalue weighted by molar-refractivity contribution is 5.97. The van der Waals surface area contributed by atoms with Gasteiger partial charge in [0, 0.05) is 12.8 Å². The van der Waals surface area contributed by atoms with E-state index in [1.165, 1.54) is 7.11 Å². The van der Waals surface area contributed by atoms with Crippen molar-refractivity contribution in [3.63, 3.8) is 0 Å². The second-order valence-corrected chi connectivity index (χ2v) is 4.10. The minimum absolute atomic E-state index is 0.0426. The number of aliphatic hydroxyl groups excluding tert-OH is 1. The third-order valence-corrected chi connectivity index (χ3v) is 2.97. The molecular formula is C13H19NO3.